The van der Waals surface area contributed by atoms with Gasteiger partial charge in [0.15, 0.2) is 0 Å². The lowest BCUT2D eigenvalue weighted by Gasteiger charge is -2.16. The van der Waals surface area contributed by atoms with Crippen molar-refractivity contribution in [2.24, 2.45) is 0 Å². The van der Waals surface area contributed by atoms with E-state index in [1.165, 1.54) is 13.2 Å². The van der Waals surface area contributed by atoms with Gasteiger partial charge in [-0.3, -0.25) is 9.59 Å². The number of nitrogens with one attached hydrogen (secondary N) is 3. The first-order valence-corrected chi connectivity index (χ1v) is 8.73. The number of aromatic nitrogens is 4. The lowest BCUT2D eigenvalue weighted by molar-refractivity contribution is 0.417. The van der Waals surface area contributed by atoms with Crippen molar-refractivity contribution in [3.8, 4) is 5.75 Å². The molecule has 2 aromatic heterocycles. The fourth-order valence-electron chi connectivity index (χ4n) is 2.87. The zero-order valence-electron chi connectivity index (χ0n) is 16.2. The second-order valence-electron chi connectivity index (χ2n) is 7.40. The van der Waals surface area contributed by atoms with Gasteiger partial charge in [0.1, 0.15) is 16.4 Å². The highest BCUT2D eigenvalue weighted by Crippen LogP contribution is 2.25. The Bertz CT molecular complexity index is 1240. The SMILES string of the molecule is COc1cccc(C=c2[nH]c(=O)c(=Cc3nc[nH]c3C(C)(C)C)[nH]c2=O)c1N. The highest BCUT2D eigenvalue weighted by molar-refractivity contribution is 5.69. The number of ether oxygens (including phenoxy) is 1. The van der Waals surface area contributed by atoms with Crippen LogP contribution in [0.1, 0.15) is 37.7 Å². The fraction of sp³-hybridized carbons (Fsp3) is 0.250. The molecule has 0 aliphatic heterocycles. The molecule has 1 aromatic carbocycles. The third-order valence-corrected chi connectivity index (χ3v) is 4.30. The maximum Gasteiger partial charge on any atom is 0.272 e. The number of methoxy groups -OCH3 is 1. The number of benzene rings is 1. The first kappa shape index (κ1) is 19.2. The maximum absolute atomic E-state index is 12.5. The van der Waals surface area contributed by atoms with Crippen LogP contribution in [0.5, 0.6) is 5.75 Å². The van der Waals surface area contributed by atoms with Crippen molar-refractivity contribution < 1.29 is 4.74 Å². The smallest absolute Gasteiger partial charge is 0.272 e. The summed E-state index contributed by atoms with van der Waals surface area (Å²) >= 11 is 0. The minimum Gasteiger partial charge on any atom is -0.495 e. The van der Waals surface area contributed by atoms with E-state index in [2.05, 4.69) is 19.9 Å². The summed E-state index contributed by atoms with van der Waals surface area (Å²) in [6.45, 7) is 6.09. The number of nitrogen functional groups attached to an aromatic ring is 1. The van der Waals surface area contributed by atoms with E-state index >= 15 is 0 Å². The van der Waals surface area contributed by atoms with Crippen LogP contribution >= 0.6 is 0 Å². The maximum atomic E-state index is 12.5. The number of H-pyrrole nitrogens is 3. The number of imidazole rings is 1. The van der Waals surface area contributed by atoms with E-state index in [0.717, 1.165) is 5.69 Å². The van der Waals surface area contributed by atoms with Gasteiger partial charge in [0.2, 0.25) is 0 Å². The topological polar surface area (TPSA) is 130 Å². The molecule has 0 atom stereocenters. The van der Waals surface area contributed by atoms with Crippen molar-refractivity contribution in [3.05, 3.63) is 72.9 Å². The molecule has 5 N–H and O–H groups in total. The van der Waals surface area contributed by atoms with Crippen molar-refractivity contribution in [2.45, 2.75) is 26.2 Å². The van der Waals surface area contributed by atoms with Crippen LogP contribution in [0.3, 0.4) is 0 Å². The van der Waals surface area contributed by atoms with Crippen LogP contribution in [-0.4, -0.2) is 27.0 Å². The Morgan fingerprint density at radius 2 is 1.71 bits per heavy atom. The van der Waals surface area contributed by atoms with E-state index in [1.54, 1.807) is 30.6 Å². The number of aromatic amines is 3. The van der Waals surface area contributed by atoms with E-state index in [9.17, 15) is 9.59 Å². The van der Waals surface area contributed by atoms with Gasteiger partial charge in [-0.15, -0.1) is 0 Å². The normalized spacial score (nSPS) is 13.1. The molecule has 0 amide bonds. The molecule has 0 unspecified atom stereocenters. The van der Waals surface area contributed by atoms with Crippen LogP contribution in [-0.2, 0) is 5.41 Å². The molecule has 0 saturated heterocycles. The zero-order chi connectivity index (χ0) is 20.5. The number of rotatable bonds is 3. The molecule has 3 rings (SSSR count). The van der Waals surface area contributed by atoms with Crippen molar-refractivity contribution in [3.63, 3.8) is 0 Å². The van der Waals surface area contributed by atoms with Gasteiger partial charge in [0.25, 0.3) is 11.1 Å². The van der Waals surface area contributed by atoms with Gasteiger partial charge in [-0.1, -0.05) is 32.9 Å². The Morgan fingerprint density at radius 1 is 1.07 bits per heavy atom. The average Bonchev–Trinajstić information content (AvgIpc) is 3.09. The summed E-state index contributed by atoms with van der Waals surface area (Å²) in [7, 11) is 1.51. The first-order valence-electron chi connectivity index (χ1n) is 8.73. The van der Waals surface area contributed by atoms with E-state index in [1.807, 2.05) is 20.8 Å². The number of hydrogen-bond donors (Lipinski definition) is 4. The Balaban J connectivity index is 2.15. The number of nitrogens with two attached hydrogens (primary N) is 1. The minimum atomic E-state index is -0.444. The third kappa shape index (κ3) is 3.75. The van der Waals surface area contributed by atoms with Crippen LogP contribution in [0.15, 0.2) is 34.1 Å². The molecule has 0 spiro atoms. The molecular formula is C20H23N5O3. The summed E-state index contributed by atoms with van der Waals surface area (Å²) < 4.78 is 5.18. The van der Waals surface area contributed by atoms with Crippen LogP contribution < -0.4 is 32.3 Å². The molecule has 0 radical (unpaired) electrons. The summed E-state index contributed by atoms with van der Waals surface area (Å²) in [6.07, 6.45) is 4.63. The van der Waals surface area contributed by atoms with Crippen LogP contribution in [0.25, 0.3) is 12.2 Å². The second kappa shape index (κ2) is 7.22. The number of anilines is 1. The lowest BCUT2D eigenvalue weighted by Crippen LogP contribution is -2.46. The fourth-order valence-corrected chi connectivity index (χ4v) is 2.87. The molecular weight excluding hydrogens is 358 g/mol. The summed E-state index contributed by atoms with van der Waals surface area (Å²) in [5.41, 5.74) is 7.38. The Hall–Kier alpha value is -3.55. The quantitative estimate of drug-likeness (QED) is 0.486. The Morgan fingerprint density at radius 3 is 2.32 bits per heavy atom. The van der Waals surface area contributed by atoms with E-state index in [-0.39, 0.29) is 16.1 Å². The third-order valence-electron chi connectivity index (χ3n) is 4.30. The van der Waals surface area contributed by atoms with E-state index < -0.39 is 11.1 Å². The standard InChI is InChI=1S/C20H23N5O3/c1-20(2,3)17-12(22-10-23-17)9-14-19(27)24-13(18(26)25-14)8-11-6-5-7-15(28-4)16(11)21/h5-10H,21H2,1-4H3,(H,22,23)(H,24,27)(H,25,26). The van der Waals surface area contributed by atoms with E-state index in [4.69, 9.17) is 10.5 Å². The molecule has 8 nitrogen and oxygen atoms in total. The zero-order valence-corrected chi connectivity index (χ0v) is 16.2. The van der Waals surface area contributed by atoms with Crippen LogP contribution in [0, 0.1) is 0 Å². The van der Waals surface area contributed by atoms with Crippen molar-refractivity contribution >= 4 is 17.8 Å². The van der Waals surface area contributed by atoms with Gasteiger partial charge in [-0.25, -0.2) is 4.98 Å². The van der Waals surface area contributed by atoms with Crippen LogP contribution in [0.2, 0.25) is 0 Å². The Labute approximate surface area is 160 Å². The monoisotopic (exact) mass is 381 g/mol. The van der Waals surface area contributed by atoms with Crippen molar-refractivity contribution in [1.82, 2.24) is 19.9 Å². The Kier molecular flexibility index (Phi) is 4.96. The molecule has 8 heteroatoms. The summed E-state index contributed by atoms with van der Waals surface area (Å²) in [6, 6.07) is 5.20. The second-order valence-corrected chi connectivity index (χ2v) is 7.40. The van der Waals surface area contributed by atoms with Crippen molar-refractivity contribution in [2.75, 3.05) is 12.8 Å². The highest BCUT2D eigenvalue weighted by atomic mass is 16.5. The summed E-state index contributed by atoms with van der Waals surface area (Å²) in [5, 5.41) is 0.221. The van der Waals surface area contributed by atoms with Crippen molar-refractivity contribution in [1.29, 1.82) is 0 Å². The van der Waals surface area contributed by atoms with Gasteiger partial charge in [0.05, 0.1) is 24.8 Å². The molecule has 0 aliphatic rings. The average molecular weight is 381 g/mol. The largest absolute Gasteiger partial charge is 0.495 e. The first-order chi connectivity index (χ1) is 13.2. The molecule has 2 heterocycles. The molecule has 0 fully saturated rings. The number of hydrogen-bond acceptors (Lipinski definition) is 5. The summed E-state index contributed by atoms with van der Waals surface area (Å²) in [5.74, 6) is 0.491. The molecule has 0 aliphatic carbocycles. The van der Waals surface area contributed by atoms with Gasteiger partial charge < -0.3 is 25.4 Å². The van der Waals surface area contributed by atoms with Gasteiger partial charge >= 0.3 is 0 Å². The molecule has 146 valence electrons. The highest BCUT2D eigenvalue weighted by Gasteiger charge is 2.19. The molecule has 28 heavy (non-hydrogen) atoms. The van der Waals surface area contributed by atoms with Gasteiger partial charge in [-0.2, -0.15) is 0 Å². The molecule has 0 saturated carbocycles. The minimum absolute atomic E-state index is 0.0974. The number of nitrogens with zero attached hydrogens (tertiary/aromatic N) is 1. The molecule has 0 bridgehead atoms. The predicted molar refractivity (Wildman–Crippen MR) is 109 cm³/mol. The number of para-hydroxylation sites is 1. The molecule has 3 aromatic rings. The van der Waals surface area contributed by atoms with Gasteiger partial charge in [0, 0.05) is 16.7 Å². The van der Waals surface area contributed by atoms with Crippen LogP contribution in [0.4, 0.5) is 5.69 Å². The predicted octanol–water partition coefficient (Wildman–Crippen LogP) is 0.332. The summed E-state index contributed by atoms with van der Waals surface area (Å²) in [4.78, 5) is 37.6. The lowest BCUT2D eigenvalue weighted by atomic mass is 9.90. The van der Waals surface area contributed by atoms with E-state index in [0.29, 0.717) is 22.7 Å². The van der Waals surface area contributed by atoms with Gasteiger partial charge in [-0.05, 0) is 18.2 Å².